The van der Waals surface area contributed by atoms with Gasteiger partial charge in [0.15, 0.2) is 21.1 Å². The number of allylic oxidation sites excluding steroid dienone is 1. The first kappa shape index (κ1) is 32.3. The number of sulfone groups is 1. The number of esters is 2. The molecule has 2 fully saturated rings. The molecule has 242 valence electrons. The Bertz CT molecular complexity index is 1860. The average Bonchev–Trinajstić information content (AvgIpc) is 3.66. The van der Waals surface area contributed by atoms with E-state index in [1.165, 1.54) is 0 Å². The minimum absolute atomic E-state index is 0.235. The Morgan fingerprint density at radius 2 is 1.45 bits per heavy atom. The lowest BCUT2D eigenvalue weighted by atomic mass is 9.98. The van der Waals surface area contributed by atoms with E-state index in [-0.39, 0.29) is 33.7 Å². The quantitative estimate of drug-likeness (QED) is 0.126. The van der Waals surface area contributed by atoms with Gasteiger partial charge in [-0.25, -0.2) is 23.0 Å². The van der Waals surface area contributed by atoms with Crippen molar-refractivity contribution in [3.05, 3.63) is 119 Å². The fourth-order valence-electron chi connectivity index (χ4n) is 5.47. The van der Waals surface area contributed by atoms with Crippen molar-refractivity contribution in [1.82, 2.24) is 4.98 Å². The second-order valence-electron chi connectivity index (χ2n) is 11.6. The molecule has 2 aliphatic carbocycles. The van der Waals surface area contributed by atoms with E-state index >= 15 is 0 Å². The van der Waals surface area contributed by atoms with Gasteiger partial charge < -0.3 is 9.47 Å². The van der Waals surface area contributed by atoms with Crippen LogP contribution in [0, 0.1) is 5.92 Å². The Balaban J connectivity index is 1.21. The third-order valence-corrected chi connectivity index (χ3v) is 11.3. The Labute approximate surface area is 277 Å². The van der Waals surface area contributed by atoms with E-state index in [0.29, 0.717) is 40.8 Å². The maximum Gasteiger partial charge on any atom is 0.338 e. The number of nitrogens with zero attached hydrogens (tertiary/aromatic N) is 1. The summed E-state index contributed by atoms with van der Waals surface area (Å²) in [4.78, 5) is 44.2. The smallest absolute Gasteiger partial charge is 0.338 e. The third-order valence-electron chi connectivity index (χ3n) is 8.21. The molecule has 0 bridgehead atoms. The van der Waals surface area contributed by atoms with E-state index in [0.717, 1.165) is 37.0 Å². The fraction of sp³-hybridized carbons (Fsp3) is 0.278. The molecule has 2 aliphatic rings. The molecule has 1 heterocycles. The first-order valence-corrected chi connectivity index (χ1v) is 18.0. The summed E-state index contributed by atoms with van der Waals surface area (Å²) in [6.45, 7) is -0.285. The summed E-state index contributed by atoms with van der Waals surface area (Å²) in [7, 11) is -3.35. The van der Waals surface area contributed by atoms with Gasteiger partial charge in [0.05, 0.1) is 27.0 Å². The van der Waals surface area contributed by atoms with Crippen molar-refractivity contribution in [2.75, 3.05) is 11.9 Å². The second kappa shape index (κ2) is 14.4. The van der Waals surface area contributed by atoms with Crippen LogP contribution in [-0.2, 0) is 24.1 Å². The molecular formula is C36H34N2O7S2. The lowest BCUT2D eigenvalue weighted by molar-refractivity contribution is -0.111. The van der Waals surface area contributed by atoms with Crippen LogP contribution in [0.3, 0.4) is 0 Å². The Kier molecular flexibility index (Phi) is 9.93. The van der Waals surface area contributed by atoms with Crippen molar-refractivity contribution in [2.45, 2.75) is 54.8 Å². The van der Waals surface area contributed by atoms with Crippen molar-refractivity contribution in [3.8, 4) is 0 Å². The molecule has 3 aromatic carbocycles. The summed E-state index contributed by atoms with van der Waals surface area (Å²) in [6.07, 6.45) is 6.41. The predicted molar refractivity (Wildman–Crippen MR) is 179 cm³/mol. The number of anilines is 1. The third kappa shape index (κ3) is 8.04. The molecule has 2 saturated carbocycles. The van der Waals surface area contributed by atoms with E-state index in [9.17, 15) is 22.8 Å². The van der Waals surface area contributed by atoms with E-state index < -0.39 is 27.9 Å². The van der Waals surface area contributed by atoms with Gasteiger partial charge in [0.25, 0.3) is 5.91 Å². The summed E-state index contributed by atoms with van der Waals surface area (Å²) in [5.74, 6) is -1.34. The minimum Gasteiger partial charge on any atom is -0.458 e. The molecular weight excluding hydrogens is 637 g/mol. The number of hydrogen-bond donors (Lipinski definition) is 1. The highest BCUT2D eigenvalue weighted by atomic mass is 32.2. The van der Waals surface area contributed by atoms with Gasteiger partial charge in [0.2, 0.25) is 0 Å². The highest BCUT2D eigenvalue weighted by Crippen LogP contribution is 2.35. The first-order chi connectivity index (χ1) is 22.8. The second-order valence-corrected chi connectivity index (χ2v) is 14.7. The van der Waals surface area contributed by atoms with E-state index in [1.54, 1.807) is 90.3 Å². The number of amides is 1. The number of aromatic nitrogens is 1. The van der Waals surface area contributed by atoms with Crippen molar-refractivity contribution >= 4 is 49.7 Å². The summed E-state index contributed by atoms with van der Waals surface area (Å²) < 4.78 is 36.7. The maximum absolute atomic E-state index is 13.7. The van der Waals surface area contributed by atoms with Crippen molar-refractivity contribution in [1.29, 1.82) is 0 Å². The fourth-order valence-corrected chi connectivity index (χ4v) is 7.88. The number of hydrogen-bond acceptors (Lipinski definition) is 9. The van der Waals surface area contributed by atoms with Gasteiger partial charge in [0, 0.05) is 11.0 Å². The molecule has 47 heavy (non-hydrogen) atoms. The van der Waals surface area contributed by atoms with Crippen molar-refractivity contribution < 1.29 is 32.3 Å². The lowest BCUT2D eigenvalue weighted by Gasteiger charge is -2.16. The van der Waals surface area contributed by atoms with E-state index in [4.69, 9.17) is 9.47 Å². The highest BCUT2D eigenvalue weighted by Gasteiger charge is 2.37. The Hall–Kier alpha value is -4.61. The number of thiazole rings is 1. The molecule has 0 aliphatic heterocycles. The van der Waals surface area contributed by atoms with Gasteiger partial charge in [-0.3, -0.25) is 10.1 Å². The lowest BCUT2D eigenvalue weighted by Crippen LogP contribution is -2.20. The highest BCUT2D eigenvalue weighted by molar-refractivity contribution is 7.92. The zero-order valence-corrected chi connectivity index (χ0v) is 27.2. The minimum atomic E-state index is -3.35. The van der Waals surface area contributed by atoms with Gasteiger partial charge in [-0.1, -0.05) is 67.4 Å². The van der Waals surface area contributed by atoms with Crippen LogP contribution in [-0.4, -0.2) is 43.1 Å². The molecule has 9 nitrogen and oxygen atoms in total. The number of carbonyl (C=O) groups excluding carboxylic acids is 3. The van der Waals surface area contributed by atoms with Crippen LogP contribution in [0.5, 0.6) is 0 Å². The Morgan fingerprint density at radius 1 is 0.830 bits per heavy atom. The van der Waals surface area contributed by atoms with E-state index in [1.807, 2.05) is 6.08 Å². The molecule has 0 radical (unpaired) electrons. The topological polar surface area (TPSA) is 129 Å². The van der Waals surface area contributed by atoms with Crippen LogP contribution in [0.4, 0.5) is 5.13 Å². The largest absolute Gasteiger partial charge is 0.458 e. The molecule has 1 N–H and O–H groups in total. The van der Waals surface area contributed by atoms with Crippen LogP contribution in [0.25, 0.3) is 5.57 Å². The number of benzene rings is 3. The number of ether oxygens (including phenoxy) is 2. The van der Waals surface area contributed by atoms with Crippen LogP contribution in [0.2, 0.25) is 0 Å². The Morgan fingerprint density at radius 3 is 2.06 bits per heavy atom. The molecule has 11 heteroatoms. The van der Waals surface area contributed by atoms with Crippen molar-refractivity contribution in [2.24, 2.45) is 5.92 Å². The SMILES string of the molecule is O=C(Nc1nc([C@@H](COC(=O)c2ccccc2)OC(=O)c2ccccc2)cs1)C(=CC1CCCC1)c1ccc(S(=O)(=O)C2CC2)cc1. The van der Waals surface area contributed by atoms with Gasteiger partial charge in [-0.15, -0.1) is 11.3 Å². The zero-order valence-electron chi connectivity index (χ0n) is 25.5. The summed E-state index contributed by atoms with van der Waals surface area (Å²) >= 11 is 1.15. The van der Waals surface area contributed by atoms with Crippen LogP contribution < -0.4 is 5.32 Å². The van der Waals surface area contributed by atoms with E-state index in [2.05, 4.69) is 10.3 Å². The summed E-state index contributed by atoms with van der Waals surface area (Å²) in [5.41, 5.74) is 2.04. The average molecular weight is 671 g/mol. The predicted octanol–water partition coefficient (Wildman–Crippen LogP) is 7.05. The molecule has 1 atom stereocenters. The number of nitrogens with one attached hydrogen (secondary N) is 1. The standard InChI is InChI=1S/C36H34N2O7S2/c39-33(30(21-24-9-7-8-10-24)25-15-17-28(18-16-25)47(42,43)29-19-20-29)38-36-37-31(23-46-36)32(45-35(41)27-13-5-2-6-14-27)22-44-34(40)26-11-3-1-4-12-26/h1-6,11-18,21,23-24,29,32H,7-10,19-20,22H2,(H,37,38,39)/t32-/m1/s1. The molecule has 1 aromatic heterocycles. The molecule has 6 rings (SSSR count). The van der Waals surface area contributed by atoms with Gasteiger partial charge >= 0.3 is 11.9 Å². The van der Waals surface area contributed by atoms with Crippen LogP contribution in [0.15, 0.2) is 101 Å². The van der Waals surface area contributed by atoms with Crippen LogP contribution in [0.1, 0.15) is 76.6 Å². The van der Waals surface area contributed by atoms with Crippen LogP contribution >= 0.6 is 11.3 Å². The number of rotatable bonds is 12. The van der Waals surface area contributed by atoms with Gasteiger partial charge in [-0.05, 0) is 73.6 Å². The normalized spacial score (nSPS) is 16.0. The molecule has 0 unspecified atom stereocenters. The van der Waals surface area contributed by atoms with Crippen molar-refractivity contribution in [3.63, 3.8) is 0 Å². The molecule has 1 amide bonds. The molecule has 4 aromatic rings. The van der Waals surface area contributed by atoms with Gasteiger partial charge in [0.1, 0.15) is 6.61 Å². The molecule has 0 spiro atoms. The first-order valence-electron chi connectivity index (χ1n) is 15.6. The summed E-state index contributed by atoms with van der Waals surface area (Å²) in [5, 5.41) is 4.47. The van der Waals surface area contributed by atoms with Gasteiger partial charge in [-0.2, -0.15) is 0 Å². The number of carbonyl (C=O) groups is 3. The monoisotopic (exact) mass is 670 g/mol. The summed E-state index contributed by atoms with van der Waals surface area (Å²) in [6, 6.07) is 23.4. The zero-order chi connectivity index (χ0) is 32.8. The molecule has 0 saturated heterocycles. The maximum atomic E-state index is 13.7.